The lowest BCUT2D eigenvalue weighted by molar-refractivity contribution is -0.132. The van der Waals surface area contributed by atoms with E-state index in [1.807, 2.05) is 13.8 Å². The lowest BCUT2D eigenvalue weighted by Gasteiger charge is -2.26. The largest absolute Gasteiger partial charge is 0.485 e. The summed E-state index contributed by atoms with van der Waals surface area (Å²) in [6, 6.07) is 6.43. The number of rotatable bonds is 6. The van der Waals surface area contributed by atoms with Crippen LogP contribution in [0.4, 0.5) is 4.39 Å². The van der Waals surface area contributed by atoms with Gasteiger partial charge in [-0.15, -0.1) is 11.3 Å². The van der Waals surface area contributed by atoms with Gasteiger partial charge in [0.25, 0.3) is 5.91 Å². The number of nitrogens with zero attached hydrogens (tertiary/aromatic N) is 2. The fraction of sp³-hybridized carbons (Fsp3) is 0.478. The maximum Gasteiger partial charge on any atom is 0.268 e. The fourth-order valence-corrected chi connectivity index (χ4v) is 4.73. The maximum atomic E-state index is 14.1. The summed E-state index contributed by atoms with van der Waals surface area (Å²) in [5.41, 5.74) is 0.439. The molecular weight excluding hydrogens is 435 g/mol. The van der Waals surface area contributed by atoms with E-state index in [0.29, 0.717) is 48.2 Å². The van der Waals surface area contributed by atoms with Gasteiger partial charge in [0.2, 0.25) is 5.91 Å². The Labute approximate surface area is 190 Å². The average Bonchev–Trinajstić information content (AvgIpc) is 3.13. The van der Waals surface area contributed by atoms with E-state index < -0.39 is 6.10 Å². The highest BCUT2D eigenvalue weighted by Crippen LogP contribution is 2.40. The van der Waals surface area contributed by atoms with E-state index in [-0.39, 0.29) is 43.2 Å². The highest BCUT2D eigenvalue weighted by Gasteiger charge is 2.34. The Morgan fingerprint density at radius 1 is 1.25 bits per heavy atom. The monoisotopic (exact) mass is 462 g/mol. The molecule has 0 N–H and O–H groups in total. The van der Waals surface area contributed by atoms with Gasteiger partial charge in [-0.2, -0.15) is 0 Å². The molecule has 0 saturated carbocycles. The molecule has 4 rings (SSSR count). The van der Waals surface area contributed by atoms with Gasteiger partial charge in [0, 0.05) is 30.6 Å². The smallest absolute Gasteiger partial charge is 0.268 e. The number of thiophene rings is 1. The van der Waals surface area contributed by atoms with E-state index in [0.717, 1.165) is 0 Å². The SMILES string of the molecule is CC(C)CN1CC(OCc2ccccc2F)CN(C(=O)c2scc3c2OCCO3)CC1=O. The fourth-order valence-electron chi connectivity index (χ4n) is 3.83. The molecule has 1 aromatic carbocycles. The van der Waals surface area contributed by atoms with Crippen LogP contribution in [0.15, 0.2) is 29.6 Å². The van der Waals surface area contributed by atoms with Crippen LogP contribution in [0.1, 0.15) is 29.1 Å². The first kappa shape index (κ1) is 22.5. The topological polar surface area (TPSA) is 68.3 Å². The summed E-state index contributed by atoms with van der Waals surface area (Å²) in [5.74, 6) is 0.493. The van der Waals surface area contributed by atoms with Crippen LogP contribution in [0.5, 0.6) is 11.5 Å². The summed E-state index contributed by atoms with van der Waals surface area (Å²) >= 11 is 1.24. The second-order valence-electron chi connectivity index (χ2n) is 8.36. The normalized spacial score (nSPS) is 18.8. The van der Waals surface area contributed by atoms with Crippen LogP contribution in [0.2, 0.25) is 0 Å². The predicted molar refractivity (Wildman–Crippen MR) is 118 cm³/mol. The van der Waals surface area contributed by atoms with Gasteiger partial charge < -0.3 is 24.0 Å². The third-order valence-corrected chi connectivity index (χ3v) is 6.26. The Kier molecular flexibility index (Phi) is 6.95. The van der Waals surface area contributed by atoms with Gasteiger partial charge in [-0.3, -0.25) is 9.59 Å². The molecule has 1 fully saturated rings. The van der Waals surface area contributed by atoms with E-state index in [1.54, 1.807) is 28.5 Å². The minimum Gasteiger partial charge on any atom is -0.485 e. The molecule has 0 spiro atoms. The Morgan fingerprint density at radius 3 is 2.81 bits per heavy atom. The van der Waals surface area contributed by atoms with Crippen molar-refractivity contribution in [3.63, 3.8) is 0 Å². The van der Waals surface area contributed by atoms with Gasteiger partial charge in [-0.25, -0.2) is 4.39 Å². The molecule has 2 aliphatic rings. The molecule has 1 saturated heterocycles. The number of carbonyl (C=O) groups is 2. The van der Waals surface area contributed by atoms with Crippen LogP contribution in [0.25, 0.3) is 0 Å². The van der Waals surface area contributed by atoms with Crippen molar-refractivity contribution in [1.82, 2.24) is 9.80 Å². The molecule has 3 heterocycles. The Bertz CT molecular complexity index is 979. The van der Waals surface area contributed by atoms with E-state index >= 15 is 0 Å². The summed E-state index contributed by atoms with van der Waals surface area (Å²) in [4.78, 5) is 30.0. The molecule has 0 bridgehead atoms. The Morgan fingerprint density at radius 2 is 2.03 bits per heavy atom. The third-order valence-electron chi connectivity index (χ3n) is 5.33. The second-order valence-corrected chi connectivity index (χ2v) is 9.24. The molecule has 0 radical (unpaired) electrons. The number of fused-ring (bicyclic) bond motifs is 1. The minimum atomic E-state index is -0.447. The lowest BCUT2D eigenvalue weighted by Crippen LogP contribution is -2.40. The Hall–Kier alpha value is -2.65. The van der Waals surface area contributed by atoms with Gasteiger partial charge in [0.05, 0.1) is 12.7 Å². The quantitative estimate of drug-likeness (QED) is 0.660. The molecule has 1 atom stereocenters. The molecule has 32 heavy (non-hydrogen) atoms. The molecule has 2 aromatic rings. The summed E-state index contributed by atoms with van der Waals surface area (Å²) < 4.78 is 31.3. The van der Waals surface area contributed by atoms with Crippen LogP contribution in [-0.2, 0) is 16.1 Å². The second kappa shape index (κ2) is 9.87. The van der Waals surface area contributed by atoms with Gasteiger partial charge in [-0.05, 0) is 12.0 Å². The molecule has 172 valence electrons. The van der Waals surface area contributed by atoms with Gasteiger partial charge in [0.15, 0.2) is 11.5 Å². The van der Waals surface area contributed by atoms with Gasteiger partial charge >= 0.3 is 0 Å². The van der Waals surface area contributed by atoms with E-state index in [2.05, 4.69) is 0 Å². The number of amides is 2. The molecule has 2 amide bonds. The zero-order valence-electron chi connectivity index (χ0n) is 18.2. The van der Waals surface area contributed by atoms with Crippen LogP contribution in [0.3, 0.4) is 0 Å². The number of benzene rings is 1. The van der Waals surface area contributed by atoms with Crippen molar-refractivity contribution in [2.24, 2.45) is 5.92 Å². The number of hydrogen-bond acceptors (Lipinski definition) is 6. The first-order chi connectivity index (χ1) is 15.4. The zero-order chi connectivity index (χ0) is 22.7. The molecule has 9 heteroatoms. The highest BCUT2D eigenvalue weighted by atomic mass is 32.1. The van der Waals surface area contributed by atoms with Crippen LogP contribution < -0.4 is 9.47 Å². The van der Waals surface area contributed by atoms with Gasteiger partial charge in [0.1, 0.15) is 30.5 Å². The first-order valence-corrected chi connectivity index (χ1v) is 11.6. The van der Waals surface area contributed by atoms with Crippen LogP contribution >= 0.6 is 11.3 Å². The summed E-state index contributed by atoms with van der Waals surface area (Å²) in [7, 11) is 0. The van der Waals surface area contributed by atoms with Crippen molar-refractivity contribution in [3.05, 3.63) is 45.9 Å². The summed E-state index contributed by atoms with van der Waals surface area (Å²) in [6.45, 7) is 6.03. The molecule has 1 aromatic heterocycles. The van der Waals surface area contributed by atoms with Crippen molar-refractivity contribution in [2.45, 2.75) is 26.6 Å². The van der Waals surface area contributed by atoms with Crippen molar-refractivity contribution >= 4 is 23.2 Å². The summed E-state index contributed by atoms with van der Waals surface area (Å²) in [6.07, 6.45) is -0.447. The number of carbonyl (C=O) groups excluding carboxylic acids is 2. The van der Waals surface area contributed by atoms with E-state index in [1.165, 1.54) is 22.3 Å². The molecule has 0 aliphatic carbocycles. The third kappa shape index (κ3) is 5.05. The molecular formula is C23H27FN2O5S. The van der Waals surface area contributed by atoms with Gasteiger partial charge in [-0.1, -0.05) is 32.0 Å². The first-order valence-electron chi connectivity index (χ1n) is 10.7. The molecule has 2 aliphatic heterocycles. The standard InChI is InChI=1S/C23H27FN2O5S/c1-15(2)9-25-10-17(31-13-16-5-3-4-6-18(16)24)11-26(12-20(25)27)23(28)22-21-19(14-32-22)29-7-8-30-21/h3-6,14-15,17H,7-13H2,1-2H3. The molecule has 1 unspecified atom stereocenters. The lowest BCUT2D eigenvalue weighted by atomic mass is 10.2. The summed E-state index contributed by atoms with van der Waals surface area (Å²) in [5, 5.41) is 1.75. The minimum absolute atomic E-state index is 0.0430. The predicted octanol–water partition coefficient (Wildman–Crippen LogP) is 3.18. The molecule has 7 nitrogen and oxygen atoms in total. The average molecular weight is 463 g/mol. The van der Waals surface area contributed by atoms with Crippen LogP contribution in [-0.4, -0.2) is 67.1 Å². The van der Waals surface area contributed by atoms with E-state index in [4.69, 9.17) is 14.2 Å². The number of halogens is 1. The van der Waals surface area contributed by atoms with Crippen molar-refractivity contribution in [2.75, 3.05) is 39.4 Å². The highest BCUT2D eigenvalue weighted by molar-refractivity contribution is 7.12. The zero-order valence-corrected chi connectivity index (χ0v) is 19.0. The maximum absolute atomic E-state index is 14.1. The van der Waals surface area contributed by atoms with E-state index in [9.17, 15) is 14.0 Å². The van der Waals surface area contributed by atoms with Crippen molar-refractivity contribution in [3.8, 4) is 11.5 Å². The van der Waals surface area contributed by atoms with Crippen molar-refractivity contribution < 1.29 is 28.2 Å². The number of ether oxygens (including phenoxy) is 3. The Balaban J connectivity index is 1.54. The number of hydrogen-bond donors (Lipinski definition) is 0. The van der Waals surface area contributed by atoms with Crippen LogP contribution in [0, 0.1) is 11.7 Å². The van der Waals surface area contributed by atoms with Crippen molar-refractivity contribution in [1.29, 1.82) is 0 Å².